The molecule has 1 N–H and O–H groups in total. The van der Waals surface area contributed by atoms with Gasteiger partial charge in [0.1, 0.15) is 0 Å². The van der Waals surface area contributed by atoms with E-state index in [4.69, 9.17) is 0 Å². The summed E-state index contributed by atoms with van der Waals surface area (Å²) in [6, 6.07) is 0.521. The van der Waals surface area contributed by atoms with Crippen LogP contribution in [0.2, 0.25) is 0 Å². The van der Waals surface area contributed by atoms with Gasteiger partial charge in [0, 0.05) is 10.9 Å². The number of unbranched alkanes of at least 4 members (excludes halogenated alkanes) is 4. The molecule has 0 aliphatic carbocycles. The first-order chi connectivity index (χ1) is 9.19. The van der Waals surface area contributed by atoms with E-state index in [1.165, 1.54) is 60.5 Å². The number of hydrogen-bond acceptors (Lipinski definition) is 3. The normalized spacial score (nSPS) is 12.8. The van der Waals surface area contributed by atoms with Gasteiger partial charge in [0.2, 0.25) is 0 Å². The minimum atomic E-state index is 0.521. The van der Waals surface area contributed by atoms with Crippen molar-refractivity contribution in [3.8, 4) is 0 Å². The average Bonchev–Trinajstić information content (AvgIpc) is 2.72. The summed E-state index contributed by atoms with van der Waals surface area (Å²) in [5.41, 5.74) is 1.23. The smallest absolute Gasteiger partial charge is 0.0900 e. The monoisotopic (exact) mass is 282 g/mol. The molecule has 1 aromatic rings. The number of aryl methyl sites for hydroxylation is 2. The van der Waals surface area contributed by atoms with E-state index < -0.39 is 0 Å². The van der Waals surface area contributed by atoms with Crippen LogP contribution in [0.4, 0.5) is 0 Å². The third-order valence-electron chi connectivity index (χ3n) is 3.49. The summed E-state index contributed by atoms with van der Waals surface area (Å²) in [6.07, 6.45) is 9.25. The maximum atomic E-state index is 4.58. The van der Waals surface area contributed by atoms with Crippen molar-refractivity contribution in [3.05, 3.63) is 15.6 Å². The Hall–Kier alpha value is -0.410. The minimum Gasteiger partial charge on any atom is -0.309 e. The van der Waals surface area contributed by atoms with E-state index in [2.05, 4.69) is 38.0 Å². The maximum absolute atomic E-state index is 4.58. The fraction of sp³-hybridized carbons (Fsp3) is 0.812. The highest BCUT2D eigenvalue weighted by Gasteiger charge is 2.16. The molecule has 0 aliphatic rings. The van der Waals surface area contributed by atoms with Crippen molar-refractivity contribution < 1.29 is 0 Å². The molecule has 2 nitrogen and oxygen atoms in total. The number of thiazole rings is 1. The van der Waals surface area contributed by atoms with Gasteiger partial charge in [-0.15, -0.1) is 11.3 Å². The van der Waals surface area contributed by atoms with E-state index in [0.29, 0.717) is 6.04 Å². The largest absolute Gasteiger partial charge is 0.309 e. The van der Waals surface area contributed by atoms with Crippen molar-refractivity contribution in [2.45, 2.75) is 78.7 Å². The fourth-order valence-electron chi connectivity index (χ4n) is 2.47. The molecule has 0 saturated heterocycles. The summed E-state index contributed by atoms with van der Waals surface area (Å²) in [6.45, 7) is 9.87. The summed E-state index contributed by atoms with van der Waals surface area (Å²) in [5.74, 6) is 0. The summed E-state index contributed by atoms with van der Waals surface area (Å²) in [5, 5.41) is 4.90. The molecule has 0 aromatic carbocycles. The number of aromatic nitrogens is 1. The van der Waals surface area contributed by atoms with E-state index in [-0.39, 0.29) is 0 Å². The lowest BCUT2D eigenvalue weighted by molar-refractivity contribution is 0.471. The average molecular weight is 282 g/mol. The quantitative estimate of drug-likeness (QED) is 0.599. The lowest BCUT2D eigenvalue weighted by Crippen LogP contribution is -2.22. The molecule has 0 saturated carbocycles. The van der Waals surface area contributed by atoms with Crippen LogP contribution in [0.1, 0.15) is 80.4 Å². The lowest BCUT2D eigenvalue weighted by Gasteiger charge is -2.17. The first-order valence-electron chi connectivity index (χ1n) is 7.86. The van der Waals surface area contributed by atoms with Gasteiger partial charge in [0.15, 0.2) is 0 Å². The fourth-order valence-corrected chi connectivity index (χ4v) is 3.50. The van der Waals surface area contributed by atoms with E-state index >= 15 is 0 Å². The molecule has 1 rings (SSSR count). The second-order valence-electron chi connectivity index (χ2n) is 5.39. The van der Waals surface area contributed by atoms with Crippen LogP contribution in [-0.4, -0.2) is 11.5 Å². The summed E-state index contributed by atoms with van der Waals surface area (Å²) in [4.78, 5) is 6.04. The first-order valence-corrected chi connectivity index (χ1v) is 8.68. The van der Waals surface area contributed by atoms with Crippen molar-refractivity contribution in [1.29, 1.82) is 0 Å². The Bertz CT molecular complexity index is 347. The third-order valence-corrected chi connectivity index (χ3v) is 4.68. The molecule has 1 aromatic heterocycles. The van der Waals surface area contributed by atoms with Crippen LogP contribution in [0, 0.1) is 13.8 Å². The van der Waals surface area contributed by atoms with Crippen LogP contribution >= 0.6 is 11.3 Å². The number of rotatable bonds is 10. The van der Waals surface area contributed by atoms with Gasteiger partial charge in [0.05, 0.1) is 10.7 Å². The topological polar surface area (TPSA) is 24.9 Å². The highest BCUT2D eigenvalue weighted by molar-refractivity contribution is 7.11. The molecule has 19 heavy (non-hydrogen) atoms. The van der Waals surface area contributed by atoms with Crippen molar-refractivity contribution in [2.24, 2.45) is 0 Å². The van der Waals surface area contributed by atoms with Crippen molar-refractivity contribution >= 4 is 11.3 Å². The van der Waals surface area contributed by atoms with Crippen LogP contribution in [0.3, 0.4) is 0 Å². The van der Waals surface area contributed by atoms with E-state index in [1.807, 2.05) is 11.3 Å². The second-order valence-corrected chi connectivity index (χ2v) is 6.63. The van der Waals surface area contributed by atoms with Crippen molar-refractivity contribution in [3.63, 3.8) is 0 Å². The van der Waals surface area contributed by atoms with Crippen LogP contribution in [-0.2, 0) is 0 Å². The van der Waals surface area contributed by atoms with Crippen LogP contribution in [0.25, 0.3) is 0 Å². The van der Waals surface area contributed by atoms with Crippen LogP contribution < -0.4 is 5.32 Å². The summed E-state index contributed by atoms with van der Waals surface area (Å²) in [7, 11) is 0. The Morgan fingerprint density at radius 1 is 1.05 bits per heavy atom. The van der Waals surface area contributed by atoms with Crippen LogP contribution in [0.15, 0.2) is 0 Å². The molecule has 1 atom stereocenters. The van der Waals surface area contributed by atoms with Crippen molar-refractivity contribution in [2.75, 3.05) is 6.54 Å². The Balaban J connectivity index is 2.49. The molecular formula is C16H30N2S. The van der Waals surface area contributed by atoms with Gasteiger partial charge in [-0.05, 0) is 33.2 Å². The molecule has 0 fully saturated rings. The van der Waals surface area contributed by atoms with Gasteiger partial charge < -0.3 is 5.32 Å². The van der Waals surface area contributed by atoms with Crippen molar-refractivity contribution in [1.82, 2.24) is 10.3 Å². The molecule has 0 amide bonds. The highest BCUT2D eigenvalue weighted by atomic mass is 32.1. The molecule has 110 valence electrons. The predicted molar refractivity (Wildman–Crippen MR) is 86.0 cm³/mol. The van der Waals surface area contributed by atoms with Gasteiger partial charge in [0.25, 0.3) is 0 Å². The minimum absolute atomic E-state index is 0.521. The summed E-state index contributed by atoms with van der Waals surface area (Å²) < 4.78 is 0. The summed E-state index contributed by atoms with van der Waals surface area (Å²) >= 11 is 1.87. The maximum Gasteiger partial charge on any atom is 0.0900 e. The number of nitrogens with one attached hydrogen (secondary N) is 1. The van der Waals surface area contributed by atoms with Gasteiger partial charge in [-0.25, -0.2) is 4.98 Å². The standard InChI is InChI=1S/C16H30N2S/c1-5-7-8-9-10-11-15(17-12-6-2)16-13(3)18-14(4)19-16/h15,17H,5-12H2,1-4H3. The zero-order valence-electron chi connectivity index (χ0n) is 13.1. The van der Waals surface area contributed by atoms with E-state index in [9.17, 15) is 0 Å². The highest BCUT2D eigenvalue weighted by Crippen LogP contribution is 2.28. The Kier molecular flexibility index (Phi) is 8.31. The van der Waals surface area contributed by atoms with Crippen LogP contribution in [0.5, 0.6) is 0 Å². The molecule has 0 aliphatic heterocycles. The lowest BCUT2D eigenvalue weighted by atomic mass is 10.0. The Morgan fingerprint density at radius 3 is 2.37 bits per heavy atom. The first kappa shape index (κ1) is 16.6. The number of hydrogen-bond donors (Lipinski definition) is 1. The molecule has 1 unspecified atom stereocenters. The second kappa shape index (κ2) is 9.49. The van der Waals surface area contributed by atoms with E-state index in [1.54, 1.807) is 0 Å². The van der Waals surface area contributed by atoms with Gasteiger partial charge in [-0.2, -0.15) is 0 Å². The van der Waals surface area contributed by atoms with E-state index in [0.717, 1.165) is 6.54 Å². The molecule has 0 bridgehead atoms. The number of nitrogens with zero attached hydrogens (tertiary/aromatic N) is 1. The molecule has 1 heterocycles. The molecule has 0 radical (unpaired) electrons. The molecule has 0 spiro atoms. The zero-order valence-corrected chi connectivity index (χ0v) is 13.9. The molecule has 3 heteroatoms. The molecular weight excluding hydrogens is 252 g/mol. The van der Waals surface area contributed by atoms with Gasteiger partial charge in [-0.3, -0.25) is 0 Å². The Morgan fingerprint density at radius 2 is 1.79 bits per heavy atom. The third kappa shape index (κ3) is 6.05. The van der Waals surface area contributed by atoms with Gasteiger partial charge >= 0.3 is 0 Å². The zero-order chi connectivity index (χ0) is 14.1. The SMILES string of the molecule is CCCCCCCC(NCCC)c1sc(C)nc1C. The van der Waals surface area contributed by atoms with Gasteiger partial charge in [-0.1, -0.05) is 46.0 Å². The Labute approximate surface area is 123 Å². The predicted octanol–water partition coefficient (Wildman–Crippen LogP) is 5.16.